The molecule has 1 aliphatic heterocycles. The molecule has 7 heteroatoms. The van der Waals surface area contributed by atoms with Crippen molar-refractivity contribution < 1.29 is 18.7 Å². The number of hydrogen-bond donors (Lipinski definition) is 0. The summed E-state index contributed by atoms with van der Waals surface area (Å²) in [5, 5.41) is 0.624. The quantitative estimate of drug-likeness (QED) is 0.275. The number of carbonyl (C=O) groups is 2. The van der Waals surface area contributed by atoms with E-state index in [1.54, 1.807) is 23.1 Å². The molecule has 2 aliphatic rings. The number of amides is 2. The van der Waals surface area contributed by atoms with E-state index < -0.39 is 10.8 Å². The highest BCUT2D eigenvalue weighted by molar-refractivity contribution is 6.30. The van der Waals surface area contributed by atoms with Gasteiger partial charge in [0.15, 0.2) is 0 Å². The number of carbonyl (C=O) groups excluding carboxylic acids is 2. The summed E-state index contributed by atoms with van der Waals surface area (Å²) in [5.74, 6) is 0.414. The molecule has 0 radical (unpaired) electrons. The van der Waals surface area contributed by atoms with Crippen molar-refractivity contribution in [1.82, 2.24) is 9.80 Å². The smallest absolute Gasteiger partial charge is 0.233 e. The zero-order chi connectivity index (χ0) is 28.9. The summed E-state index contributed by atoms with van der Waals surface area (Å²) in [4.78, 5) is 31.7. The number of ether oxygens (including phenoxy) is 1. The molecule has 41 heavy (non-hydrogen) atoms. The van der Waals surface area contributed by atoms with E-state index in [-0.39, 0.29) is 24.1 Å². The Balaban J connectivity index is 1.39. The lowest BCUT2D eigenvalue weighted by molar-refractivity contribution is -0.145. The van der Waals surface area contributed by atoms with Crippen LogP contribution in [0.4, 0.5) is 4.39 Å². The minimum absolute atomic E-state index is 0.0172. The first-order valence-corrected chi connectivity index (χ1v) is 14.9. The molecule has 0 aromatic heterocycles. The number of nitrogens with zero attached hydrogens (tertiary/aromatic N) is 2. The maximum atomic E-state index is 14.3. The third-order valence-electron chi connectivity index (χ3n) is 8.77. The van der Waals surface area contributed by atoms with Crippen LogP contribution in [0.2, 0.25) is 5.02 Å². The predicted molar refractivity (Wildman–Crippen MR) is 159 cm³/mol. The Labute approximate surface area is 247 Å². The zero-order valence-electron chi connectivity index (χ0n) is 23.7. The lowest BCUT2D eigenvalue weighted by Gasteiger charge is -2.45. The van der Waals surface area contributed by atoms with Crippen LogP contribution >= 0.6 is 11.6 Å². The average Bonchev–Trinajstić information content (AvgIpc) is 3.49. The van der Waals surface area contributed by atoms with Gasteiger partial charge in [-0.25, -0.2) is 4.39 Å². The maximum absolute atomic E-state index is 14.3. The Morgan fingerprint density at radius 3 is 2.39 bits per heavy atom. The molecule has 3 aromatic rings. The number of likely N-dealkylation sites (tertiary alicyclic amines) is 1. The van der Waals surface area contributed by atoms with Crippen LogP contribution in [0.1, 0.15) is 56.1 Å². The fraction of sp³-hybridized carbons (Fsp3) is 0.412. The second-order valence-electron chi connectivity index (χ2n) is 11.8. The molecule has 2 fully saturated rings. The molecule has 1 aliphatic carbocycles. The van der Waals surface area contributed by atoms with Crippen LogP contribution in [0.5, 0.6) is 5.75 Å². The molecule has 1 saturated carbocycles. The van der Waals surface area contributed by atoms with Gasteiger partial charge >= 0.3 is 0 Å². The Kier molecular flexibility index (Phi) is 8.98. The highest BCUT2D eigenvalue weighted by Gasteiger charge is 2.48. The van der Waals surface area contributed by atoms with E-state index in [9.17, 15) is 14.0 Å². The maximum Gasteiger partial charge on any atom is 0.233 e. The Morgan fingerprint density at radius 2 is 1.68 bits per heavy atom. The van der Waals surface area contributed by atoms with Crippen molar-refractivity contribution in [3.63, 3.8) is 0 Å². The monoisotopic (exact) mass is 576 g/mol. The molecular weight excluding hydrogens is 539 g/mol. The van der Waals surface area contributed by atoms with Gasteiger partial charge in [-0.2, -0.15) is 0 Å². The number of rotatable bonds is 9. The van der Waals surface area contributed by atoms with Crippen molar-refractivity contribution in [2.75, 3.05) is 26.7 Å². The third kappa shape index (κ3) is 6.75. The Bertz CT molecular complexity index is 1340. The molecule has 5 nitrogen and oxygen atoms in total. The lowest BCUT2D eigenvalue weighted by Crippen LogP contribution is -2.55. The molecule has 0 spiro atoms. The summed E-state index contributed by atoms with van der Waals surface area (Å²) >= 11 is 6.07. The van der Waals surface area contributed by atoms with Gasteiger partial charge in [0.1, 0.15) is 11.6 Å². The third-order valence-corrected chi connectivity index (χ3v) is 9.02. The second-order valence-corrected chi connectivity index (χ2v) is 12.2. The first kappa shape index (κ1) is 29.1. The summed E-state index contributed by atoms with van der Waals surface area (Å²) in [6, 6.07) is 23.6. The van der Waals surface area contributed by atoms with E-state index in [0.29, 0.717) is 49.9 Å². The minimum Gasteiger partial charge on any atom is -0.493 e. The van der Waals surface area contributed by atoms with Crippen LogP contribution in [0.3, 0.4) is 0 Å². The van der Waals surface area contributed by atoms with Crippen molar-refractivity contribution in [3.05, 3.63) is 101 Å². The summed E-state index contributed by atoms with van der Waals surface area (Å²) in [7, 11) is 1.83. The van der Waals surface area contributed by atoms with Crippen molar-refractivity contribution >= 4 is 23.4 Å². The van der Waals surface area contributed by atoms with Crippen molar-refractivity contribution in [2.24, 2.45) is 5.41 Å². The van der Waals surface area contributed by atoms with Gasteiger partial charge < -0.3 is 14.5 Å². The van der Waals surface area contributed by atoms with Gasteiger partial charge in [-0.3, -0.25) is 9.59 Å². The fourth-order valence-corrected chi connectivity index (χ4v) is 6.68. The van der Waals surface area contributed by atoms with E-state index in [0.717, 1.165) is 36.8 Å². The van der Waals surface area contributed by atoms with Gasteiger partial charge in [0.25, 0.3) is 0 Å². The SMILES string of the molecule is CN(Cc1ccccc1)C(=O)CC1(COc2ccc(Cl)cc2)CCCN(C(=O)C2(c3cccc(F)c3)CCCC2)C1. The molecule has 5 rings (SSSR count). The molecule has 216 valence electrons. The molecule has 1 saturated heterocycles. The molecule has 1 heterocycles. The van der Waals surface area contributed by atoms with Crippen molar-refractivity contribution in [2.45, 2.75) is 56.9 Å². The van der Waals surface area contributed by atoms with Crippen LogP contribution in [0.15, 0.2) is 78.9 Å². The van der Waals surface area contributed by atoms with Crippen LogP contribution in [-0.2, 0) is 21.5 Å². The van der Waals surface area contributed by atoms with Gasteiger partial charge in [0.2, 0.25) is 11.8 Å². The molecule has 2 amide bonds. The van der Waals surface area contributed by atoms with Crippen LogP contribution in [0, 0.1) is 11.2 Å². The molecular formula is C34H38ClFN2O3. The molecule has 3 aromatic carbocycles. The summed E-state index contributed by atoms with van der Waals surface area (Å²) < 4.78 is 20.6. The standard InChI is InChI=1S/C34H38ClFN2O3/c1-37(23-26-9-3-2-4-10-26)31(39)22-33(25-41-30-15-13-28(35)14-16-30)17-8-20-38(24-33)32(40)34(18-5-6-19-34)27-11-7-12-29(36)21-27/h2-4,7,9-16,21H,5-6,8,17-20,22-25H2,1H3. The normalized spacial score (nSPS) is 20.0. The van der Waals surface area contributed by atoms with E-state index in [4.69, 9.17) is 16.3 Å². The van der Waals surface area contributed by atoms with Crippen LogP contribution < -0.4 is 4.74 Å². The van der Waals surface area contributed by atoms with E-state index in [2.05, 4.69) is 0 Å². The van der Waals surface area contributed by atoms with Crippen LogP contribution in [-0.4, -0.2) is 48.4 Å². The molecule has 0 N–H and O–H groups in total. The fourth-order valence-electron chi connectivity index (χ4n) is 6.56. The topological polar surface area (TPSA) is 49.9 Å². The number of piperidine rings is 1. The highest BCUT2D eigenvalue weighted by Crippen LogP contribution is 2.45. The Morgan fingerprint density at radius 1 is 0.951 bits per heavy atom. The molecule has 1 unspecified atom stereocenters. The first-order valence-electron chi connectivity index (χ1n) is 14.5. The summed E-state index contributed by atoms with van der Waals surface area (Å²) in [6.45, 7) is 1.85. The highest BCUT2D eigenvalue weighted by atomic mass is 35.5. The lowest BCUT2D eigenvalue weighted by atomic mass is 9.74. The van der Waals surface area contributed by atoms with Gasteiger partial charge in [-0.15, -0.1) is 0 Å². The van der Waals surface area contributed by atoms with E-state index in [1.165, 1.54) is 12.1 Å². The van der Waals surface area contributed by atoms with Crippen LogP contribution in [0.25, 0.3) is 0 Å². The number of hydrogen-bond acceptors (Lipinski definition) is 3. The van der Waals surface area contributed by atoms with E-state index in [1.807, 2.05) is 60.5 Å². The number of halogens is 2. The first-order chi connectivity index (χ1) is 19.8. The van der Waals surface area contributed by atoms with E-state index >= 15 is 0 Å². The summed E-state index contributed by atoms with van der Waals surface area (Å²) in [5.41, 5.74) is 0.536. The Hall–Kier alpha value is -3.38. The van der Waals surface area contributed by atoms with Gasteiger partial charge in [0.05, 0.1) is 12.0 Å². The number of benzene rings is 3. The molecule has 1 atom stereocenters. The molecule has 0 bridgehead atoms. The van der Waals surface area contributed by atoms with Crippen molar-refractivity contribution in [1.29, 1.82) is 0 Å². The minimum atomic E-state index is -0.726. The summed E-state index contributed by atoms with van der Waals surface area (Å²) in [6.07, 6.45) is 5.08. The second kappa shape index (κ2) is 12.6. The van der Waals surface area contributed by atoms with Gasteiger partial charge in [-0.1, -0.05) is 66.9 Å². The zero-order valence-corrected chi connectivity index (χ0v) is 24.4. The predicted octanol–water partition coefficient (Wildman–Crippen LogP) is 7.03. The largest absolute Gasteiger partial charge is 0.493 e. The van der Waals surface area contributed by atoms with Gasteiger partial charge in [-0.05, 0) is 73.2 Å². The average molecular weight is 577 g/mol. The van der Waals surface area contributed by atoms with Gasteiger partial charge in [0, 0.05) is 43.5 Å². The van der Waals surface area contributed by atoms with Crippen molar-refractivity contribution in [3.8, 4) is 5.75 Å².